The standard InChI is InChI=1S/C20H20ClN3O3/c1-10(2)20(25)24-16(7-15(23-24)11-3-4-11)13-5-12-6-17-18(27-9-26-17)8-14(12)22-19(13)21/h5-6,8,10-11,16H,3-4,7,9H2,1-2H3. The fourth-order valence-corrected chi connectivity index (χ4v) is 3.97. The second kappa shape index (κ2) is 6.09. The summed E-state index contributed by atoms with van der Waals surface area (Å²) < 4.78 is 10.9. The van der Waals surface area contributed by atoms with Gasteiger partial charge in [-0.2, -0.15) is 5.10 Å². The zero-order valence-electron chi connectivity index (χ0n) is 15.2. The largest absolute Gasteiger partial charge is 0.454 e. The number of aromatic nitrogens is 1. The number of amides is 1. The van der Waals surface area contributed by atoms with Crippen molar-refractivity contribution in [3.63, 3.8) is 0 Å². The normalized spacial score (nSPS) is 21.3. The van der Waals surface area contributed by atoms with Gasteiger partial charge in [0.05, 0.1) is 11.6 Å². The highest BCUT2D eigenvalue weighted by Crippen LogP contribution is 2.44. The number of halogens is 1. The highest BCUT2D eigenvalue weighted by atomic mass is 35.5. The second-order valence-electron chi connectivity index (χ2n) is 7.69. The van der Waals surface area contributed by atoms with Gasteiger partial charge in [-0.3, -0.25) is 4.79 Å². The minimum absolute atomic E-state index is 0.0116. The van der Waals surface area contributed by atoms with Gasteiger partial charge in [0, 0.05) is 35.1 Å². The van der Waals surface area contributed by atoms with Gasteiger partial charge in [0.25, 0.3) is 0 Å². The molecule has 0 spiro atoms. The maximum atomic E-state index is 12.8. The van der Waals surface area contributed by atoms with E-state index in [9.17, 15) is 4.79 Å². The van der Waals surface area contributed by atoms with Crippen LogP contribution in [0.5, 0.6) is 11.5 Å². The van der Waals surface area contributed by atoms with Crippen LogP contribution in [-0.2, 0) is 4.79 Å². The Labute approximate surface area is 162 Å². The lowest BCUT2D eigenvalue weighted by atomic mass is 9.99. The van der Waals surface area contributed by atoms with Crippen LogP contribution < -0.4 is 9.47 Å². The van der Waals surface area contributed by atoms with Gasteiger partial charge >= 0.3 is 0 Å². The summed E-state index contributed by atoms with van der Waals surface area (Å²) in [6.07, 6.45) is 3.03. The van der Waals surface area contributed by atoms with Gasteiger partial charge in [-0.15, -0.1) is 0 Å². The van der Waals surface area contributed by atoms with Crippen molar-refractivity contribution >= 4 is 34.1 Å². The van der Waals surface area contributed by atoms with Crippen molar-refractivity contribution < 1.29 is 14.3 Å². The van der Waals surface area contributed by atoms with Crippen molar-refractivity contribution in [1.29, 1.82) is 0 Å². The molecule has 140 valence electrons. The summed E-state index contributed by atoms with van der Waals surface area (Å²) in [6.45, 7) is 4.00. The Morgan fingerprint density at radius 1 is 1.22 bits per heavy atom. The van der Waals surface area contributed by atoms with Gasteiger partial charge in [-0.05, 0) is 30.9 Å². The first-order valence-electron chi connectivity index (χ1n) is 9.31. The number of ether oxygens (including phenoxy) is 2. The predicted molar refractivity (Wildman–Crippen MR) is 102 cm³/mol. The summed E-state index contributed by atoms with van der Waals surface area (Å²) in [5.74, 6) is 1.77. The summed E-state index contributed by atoms with van der Waals surface area (Å²) >= 11 is 6.55. The number of hydrazone groups is 1. The number of nitrogens with zero attached hydrogens (tertiary/aromatic N) is 3. The molecule has 0 radical (unpaired) electrons. The molecule has 1 amide bonds. The molecule has 1 aromatic carbocycles. The summed E-state index contributed by atoms with van der Waals surface area (Å²) in [5, 5.41) is 7.62. The van der Waals surface area contributed by atoms with E-state index in [1.807, 2.05) is 32.0 Å². The third-order valence-corrected chi connectivity index (χ3v) is 5.65. The van der Waals surface area contributed by atoms with Crippen LogP contribution >= 0.6 is 11.6 Å². The van der Waals surface area contributed by atoms with E-state index < -0.39 is 0 Å². The summed E-state index contributed by atoms with van der Waals surface area (Å²) in [5.41, 5.74) is 2.68. The van der Waals surface area contributed by atoms with E-state index in [-0.39, 0.29) is 24.7 Å². The molecule has 5 rings (SSSR count). The van der Waals surface area contributed by atoms with E-state index in [0.29, 0.717) is 22.6 Å². The fraction of sp³-hybridized carbons (Fsp3) is 0.450. The van der Waals surface area contributed by atoms with Crippen LogP contribution in [0.4, 0.5) is 0 Å². The van der Waals surface area contributed by atoms with Crippen molar-refractivity contribution in [2.75, 3.05) is 6.79 Å². The van der Waals surface area contributed by atoms with Crippen molar-refractivity contribution in [2.45, 2.75) is 39.2 Å². The molecule has 7 heteroatoms. The molecule has 1 saturated carbocycles. The van der Waals surface area contributed by atoms with Crippen LogP contribution in [0.15, 0.2) is 23.3 Å². The Hall–Kier alpha value is -2.34. The van der Waals surface area contributed by atoms with Crippen LogP contribution in [0.25, 0.3) is 10.9 Å². The van der Waals surface area contributed by atoms with E-state index in [0.717, 1.165) is 41.4 Å². The molecule has 3 heterocycles. The second-order valence-corrected chi connectivity index (χ2v) is 8.05. The molecule has 0 bridgehead atoms. The third-order valence-electron chi connectivity index (χ3n) is 5.35. The van der Waals surface area contributed by atoms with Gasteiger partial charge < -0.3 is 9.47 Å². The highest BCUT2D eigenvalue weighted by molar-refractivity contribution is 6.30. The van der Waals surface area contributed by atoms with E-state index in [4.69, 9.17) is 21.1 Å². The number of pyridine rings is 1. The number of hydrogen-bond donors (Lipinski definition) is 0. The van der Waals surface area contributed by atoms with Crippen LogP contribution in [0.1, 0.15) is 44.7 Å². The minimum atomic E-state index is -0.203. The van der Waals surface area contributed by atoms with Crippen molar-refractivity contribution in [3.05, 3.63) is 28.9 Å². The van der Waals surface area contributed by atoms with Crippen LogP contribution in [0.2, 0.25) is 5.15 Å². The predicted octanol–water partition coefficient (Wildman–Crippen LogP) is 4.31. The van der Waals surface area contributed by atoms with E-state index in [1.165, 1.54) is 0 Å². The number of fused-ring (bicyclic) bond motifs is 2. The minimum Gasteiger partial charge on any atom is -0.454 e. The molecule has 0 saturated heterocycles. The van der Waals surface area contributed by atoms with Crippen LogP contribution in [-0.4, -0.2) is 28.4 Å². The molecule has 1 fully saturated rings. The quantitative estimate of drug-likeness (QED) is 0.738. The van der Waals surface area contributed by atoms with Crippen molar-refractivity contribution in [2.24, 2.45) is 16.9 Å². The third kappa shape index (κ3) is 2.83. The van der Waals surface area contributed by atoms with Crippen LogP contribution in [0, 0.1) is 11.8 Å². The molecule has 2 aromatic rings. The zero-order valence-corrected chi connectivity index (χ0v) is 16.0. The molecule has 0 N–H and O–H groups in total. The number of hydrogen-bond acceptors (Lipinski definition) is 5. The van der Waals surface area contributed by atoms with Gasteiger partial charge in [0.1, 0.15) is 5.15 Å². The Morgan fingerprint density at radius 2 is 1.96 bits per heavy atom. The molecule has 3 aliphatic rings. The van der Waals surface area contributed by atoms with Gasteiger partial charge in [0.15, 0.2) is 11.5 Å². The number of rotatable bonds is 3. The van der Waals surface area contributed by atoms with E-state index in [2.05, 4.69) is 10.1 Å². The molecule has 1 aliphatic carbocycles. The first-order chi connectivity index (χ1) is 13.0. The molecule has 1 atom stereocenters. The first kappa shape index (κ1) is 16.8. The number of carbonyl (C=O) groups excluding carboxylic acids is 1. The Balaban J connectivity index is 1.57. The first-order valence-corrected chi connectivity index (χ1v) is 9.69. The molecule has 2 aliphatic heterocycles. The fourth-order valence-electron chi connectivity index (χ4n) is 3.70. The van der Waals surface area contributed by atoms with Crippen molar-refractivity contribution in [3.8, 4) is 11.5 Å². The molecule has 27 heavy (non-hydrogen) atoms. The highest BCUT2D eigenvalue weighted by Gasteiger charge is 2.40. The average Bonchev–Trinajstić information content (AvgIpc) is 3.24. The lowest BCUT2D eigenvalue weighted by Gasteiger charge is -2.24. The van der Waals surface area contributed by atoms with E-state index in [1.54, 1.807) is 5.01 Å². The Bertz CT molecular complexity index is 984. The van der Waals surface area contributed by atoms with E-state index >= 15 is 0 Å². The molecule has 1 unspecified atom stereocenters. The maximum Gasteiger partial charge on any atom is 0.245 e. The monoisotopic (exact) mass is 385 g/mol. The Morgan fingerprint density at radius 3 is 2.67 bits per heavy atom. The maximum absolute atomic E-state index is 12.8. The van der Waals surface area contributed by atoms with Crippen LogP contribution in [0.3, 0.4) is 0 Å². The average molecular weight is 386 g/mol. The molecular weight excluding hydrogens is 366 g/mol. The van der Waals surface area contributed by atoms with Gasteiger partial charge in [-0.25, -0.2) is 9.99 Å². The number of benzene rings is 1. The number of carbonyl (C=O) groups is 1. The molecule has 1 aromatic heterocycles. The topological polar surface area (TPSA) is 64.0 Å². The lowest BCUT2D eigenvalue weighted by Crippen LogP contribution is -2.30. The Kier molecular flexibility index (Phi) is 3.79. The summed E-state index contributed by atoms with van der Waals surface area (Å²) in [7, 11) is 0. The van der Waals surface area contributed by atoms with Crippen molar-refractivity contribution in [1.82, 2.24) is 9.99 Å². The lowest BCUT2D eigenvalue weighted by molar-refractivity contribution is -0.136. The van der Waals surface area contributed by atoms with Gasteiger partial charge in [-0.1, -0.05) is 25.4 Å². The summed E-state index contributed by atoms with van der Waals surface area (Å²) in [6, 6.07) is 5.55. The smallest absolute Gasteiger partial charge is 0.245 e. The molecular formula is C20H20ClN3O3. The zero-order chi connectivity index (χ0) is 18.7. The SMILES string of the molecule is CC(C)C(=O)N1N=C(C2CC2)CC1c1cc2cc3c(cc2nc1Cl)OCO3. The van der Waals surface area contributed by atoms with Gasteiger partial charge in [0.2, 0.25) is 12.7 Å². The summed E-state index contributed by atoms with van der Waals surface area (Å²) in [4.78, 5) is 17.3. The molecule has 6 nitrogen and oxygen atoms in total.